The number of amides is 1. The summed E-state index contributed by atoms with van der Waals surface area (Å²) >= 11 is 3.35. The smallest absolute Gasteiger partial charge is 0.250 e. The number of benzene rings is 1. The van der Waals surface area contributed by atoms with Crippen LogP contribution >= 0.6 is 28.3 Å². The van der Waals surface area contributed by atoms with E-state index in [1.165, 1.54) is 10.6 Å². The van der Waals surface area contributed by atoms with E-state index in [0.717, 1.165) is 4.47 Å². The zero-order valence-electron chi connectivity index (χ0n) is 12.9. The molecule has 0 aliphatic rings. The molecule has 0 aliphatic carbocycles. The molecular weight excluding hydrogens is 382 g/mol. The summed E-state index contributed by atoms with van der Waals surface area (Å²) in [6.45, 7) is 4.05. The van der Waals surface area contributed by atoms with Gasteiger partial charge in [-0.05, 0) is 37.6 Å². The number of nitrogens with zero attached hydrogens (tertiary/aromatic N) is 1. The lowest BCUT2D eigenvalue weighted by Crippen LogP contribution is -2.45. The number of hydrogen-bond acceptors (Lipinski definition) is 3. The van der Waals surface area contributed by atoms with Crippen molar-refractivity contribution in [1.29, 1.82) is 0 Å². The predicted octanol–water partition coefficient (Wildman–Crippen LogP) is 2.87. The van der Waals surface area contributed by atoms with Crippen molar-refractivity contribution in [2.45, 2.75) is 25.9 Å². The van der Waals surface area contributed by atoms with Crippen molar-refractivity contribution in [3.8, 4) is 0 Å². The predicted molar refractivity (Wildman–Crippen MR) is 97.9 cm³/mol. The van der Waals surface area contributed by atoms with E-state index in [1.807, 2.05) is 19.1 Å². The lowest BCUT2D eigenvalue weighted by atomic mass is 9.92. The Labute approximate surface area is 149 Å². The Hall–Kier alpha value is -1.63. The minimum atomic E-state index is -1.17. The minimum absolute atomic E-state index is 0. The number of carbonyl (C=O) groups excluding carboxylic acids is 1. The summed E-state index contributed by atoms with van der Waals surface area (Å²) in [4.78, 5) is 24.0. The molecule has 1 aromatic heterocycles. The van der Waals surface area contributed by atoms with Gasteiger partial charge in [-0.1, -0.05) is 28.1 Å². The second kappa shape index (κ2) is 7.77. The molecule has 0 aliphatic heterocycles. The van der Waals surface area contributed by atoms with Crippen molar-refractivity contribution >= 4 is 39.9 Å². The number of aryl methyl sites for hydroxylation is 1. The quantitative estimate of drug-likeness (QED) is 0.828. The Morgan fingerprint density at radius 2 is 1.87 bits per heavy atom. The first kappa shape index (κ1) is 19.4. The minimum Gasteiger partial charge on any atom is -0.323 e. The van der Waals surface area contributed by atoms with E-state index >= 15 is 0 Å². The summed E-state index contributed by atoms with van der Waals surface area (Å²) in [7, 11) is 0. The molecule has 3 N–H and O–H groups in total. The highest BCUT2D eigenvalue weighted by atomic mass is 79.9. The van der Waals surface area contributed by atoms with Gasteiger partial charge >= 0.3 is 0 Å². The van der Waals surface area contributed by atoms with Crippen molar-refractivity contribution in [3.05, 3.63) is 63.0 Å². The fourth-order valence-electron chi connectivity index (χ4n) is 2.04. The Kier molecular flexibility index (Phi) is 6.56. The van der Waals surface area contributed by atoms with Crippen LogP contribution in [0.15, 0.2) is 51.9 Å². The number of carbonyl (C=O) groups is 1. The normalized spacial score (nSPS) is 12.9. The zero-order valence-corrected chi connectivity index (χ0v) is 15.3. The maximum absolute atomic E-state index is 12.5. The van der Waals surface area contributed by atoms with Gasteiger partial charge in [-0.15, -0.1) is 12.4 Å². The molecule has 1 heterocycles. The molecule has 0 saturated heterocycles. The van der Waals surface area contributed by atoms with Crippen LogP contribution in [-0.2, 0) is 16.9 Å². The van der Waals surface area contributed by atoms with E-state index in [4.69, 9.17) is 5.73 Å². The van der Waals surface area contributed by atoms with Gasteiger partial charge in [0.2, 0.25) is 5.91 Å². The molecule has 5 nitrogen and oxygen atoms in total. The van der Waals surface area contributed by atoms with Crippen LogP contribution < -0.4 is 16.6 Å². The number of rotatable bonds is 4. The molecule has 1 unspecified atom stereocenters. The Morgan fingerprint density at radius 3 is 2.43 bits per heavy atom. The van der Waals surface area contributed by atoms with E-state index < -0.39 is 5.54 Å². The van der Waals surface area contributed by atoms with Crippen LogP contribution in [-0.4, -0.2) is 10.5 Å². The first-order chi connectivity index (χ1) is 10.3. The summed E-state index contributed by atoms with van der Waals surface area (Å²) in [5.41, 5.74) is 6.15. The van der Waals surface area contributed by atoms with Crippen molar-refractivity contribution in [2.75, 3.05) is 5.32 Å². The van der Waals surface area contributed by atoms with Crippen LogP contribution in [0.3, 0.4) is 0 Å². The Balaban J connectivity index is 0.00000264. The fraction of sp³-hybridized carbons (Fsp3) is 0.250. The van der Waals surface area contributed by atoms with E-state index in [-0.39, 0.29) is 23.9 Å². The summed E-state index contributed by atoms with van der Waals surface area (Å²) in [6, 6.07) is 10.3. The molecular formula is C16H19BrClN3O2. The van der Waals surface area contributed by atoms with Gasteiger partial charge in [0.15, 0.2) is 0 Å². The van der Waals surface area contributed by atoms with Gasteiger partial charge in [0.1, 0.15) is 5.54 Å². The average Bonchev–Trinajstić information content (AvgIpc) is 2.49. The van der Waals surface area contributed by atoms with Crippen molar-refractivity contribution in [3.63, 3.8) is 0 Å². The molecule has 7 heteroatoms. The van der Waals surface area contributed by atoms with Gasteiger partial charge < -0.3 is 15.6 Å². The molecule has 1 aromatic carbocycles. The molecule has 0 radical (unpaired) electrons. The van der Waals surface area contributed by atoms with E-state index in [0.29, 0.717) is 17.8 Å². The summed E-state index contributed by atoms with van der Waals surface area (Å²) in [6.07, 6.45) is 1.61. The molecule has 23 heavy (non-hydrogen) atoms. The van der Waals surface area contributed by atoms with Crippen molar-refractivity contribution in [2.24, 2.45) is 5.73 Å². The van der Waals surface area contributed by atoms with Gasteiger partial charge in [-0.2, -0.15) is 0 Å². The standard InChI is InChI=1S/C16H18BrN3O2.ClH/c1-3-20-10-13(8-9-14(20)21)19-15(22)16(2,18)11-4-6-12(17)7-5-11;/h4-10H,3,18H2,1-2H3,(H,19,22);1H. The molecule has 1 atom stereocenters. The SMILES string of the molecule is CCn1cc(NC(=O)C(C)(N)c2ccc(Br)cc2)ccc1=O.Cl. The number of halogens is 2. The number of aromatic nitrogens is 1. The Morgan fingerprint density at radius 1 is 1.26 bits per heavy atom. The summed E-state index contributed by atoms with van der Waals surface area (Å²) in [5.74, 6) is -0.337. The van der Waals surface area contributed by atoms with Crippen LogP contribution in [0, 0.1) is 0 Å². The number of nitrogens with two attached hydrogens (primary N) is 1. The third-order valence-electron chi connectivity index (χ3n) is 3.50. The number of nitrogens with one attached hydrogen (secondary N) is 1. The maximum Gasteiger partial charge on any atom is 0.250 e. The molecule has 0 bridgehead atoms. The lowest BCUT2D eigenvalue weighted by molar-refractivity contribution is -0.120. The maximum atomic E-state index is 12.5. The summed E-state index contributed by atoms with van der Waals surface area (Å²) in [5, 5.41) is 2.76. The lowest BCUT2D eigenvalue weighted by Gasteiger charge is -2.24. The van der Waals surface area contributed by atoms with Crippen LogP contribution in [0.1, 0.15) is 19.4 Å². The molecule has 124 valence electrons. The van der Waals surface area contributed by atoms with Crippen molar-refractivity contribution in [1.82, 2.24) is 4.57 Å². The second-order valence-electron chi connectivity index (χ2n) is 5.21. The molecule has 2 rings (SSSR count). The number of hydrogen-bond donors (Lipinski definition) is 2. The third kappa shape index (κ3) is 4.43. The average molecular weight is 401 g/mol. The molecule has 0 spiro atoms. The van der Waals surface area contributed by atoms with E-state index in [9.17, 15) is 9.59 Å². The first-order valence-electron chi connectivity index (χ1n) is 6.91. The fourth-order valence-corrected chi connectivity index (χ4v) is 2.30. The second-order valence-corrected chi connectivity index (χ2v) is 6.12. The van der Waals surface area contributed by atoms with Crippen LogP contribution in [0.25, 0.3) is 0 Å². The highest BCUT2D eigenvalue weighted by molar-refractivity contribution is 9.10. The molecule has 1 amide bonds. The third-order valence-corrected chi connectivity index (χ3v) is 4.03. The van der Waals surface area contributed by atoms with Crippen LogP contribution in [0.4, 0.5) is 5.69 Å². The molecule has 0 fully saturated rings. The topological polar surface area (TPSA) is 77.1 Å². The first-order valence-corrected chi connectivity index (χ1v) is 7.70. The summed E-state index contributed by atoms with van der Waals surface area (Å²) < 4.78 is 2.44. The van der Waals surface area contributed by atoms with Gasteiger partial charge in [-0.3, -0.25) is 9.59 Å². The Bertz CT molecular complexity index is 742. The number of anilines is 1. The van der Waals surface area contributed by atoms with Gasteiger partial charge in [0.05, 0.1) is 5.69 Å². The van der Waals surface area contributed by atoms with Crippen molar-refractivity contribution < 1.29 is 4.79 Å². The van der Waals surface area contributed by atoms with E-state index in [2.05, 4.69) is 21.2 Å². The van der Waals surface area contributed by atoms with Gasteiger partial charge in [0.25, 0.3) is 5.56 Å². The highest BCUT2D eigenvalue weighted by Gasteiger charge is 2.30. The molecule has 2 aromatic rings. The monoisotopic (exact) mass is 399 g/mol. The van der Waals surface area contributed by atoms with E-state index in [1.54, 1.807) is 31.3 Å². The van der Waals surface area contributed by atoms with Crippen LogP contribution in [0.2, 0.25) is 0 Å². The van der Waals surface area contributed by atoms with Gasteiger partial charge in [0, 0.05) is 23.3 Å². The molecule has 0 saturated carbocycles. The highest BCUT2D eigenvalue weighted by Crippen LogP contribution is 2.22. The van der Waals surface area contributed by atoms with Gasteiger partial charge in [-0.25, -0.2) is 0 Å². The van der Waals surface area contributed by atoms with Crippen LogP contribution in [0.5, 0.6) is 0 Å². The zero-order chi connectivity index (χ0) is 16.3. The number of pyridine rings is 1. The largest absolute Gasteiger partial charge is 0.323 e.